The summed E-state index contributed by atoms with van der Waals surface area (Å²) in [7, 11) is 3.17. The highest BCUT2D eigenvalue weighted by Gasteiger charge is 2.30. The molecule has 0 aliphatic heterocycles. The number of hydrogen-bond acceptors (Lipinski definition) is 4. The van der Waals surface area contributed by atoms with E-state index in [4.69, 9.17) is 21.1 Å². The molecule has 190 valence electrons. The van der Waals surface area contributed by atoms with Gasteiger partial charge in [-0.25, -0.2) is 0 Å². The van der Waals surface area contributed by atoms with Gasteiger partial charge in [-0.3, -0.25) is 9.59 Å². The van der Waals surface area contributed by atoms with Crippen LogP contribution in [0.3, 0.4) is 0 Å². The highest BCUT2D eigenvalue weighted by Crippen LogP contribution is 2.28. The topological polar surface area (TPSA) is 67.9 Å². The third kappa shape index (κ3) is 7.25. The predicted octanol–water partition coefficient (Wildman–Crippen LogP) is 5.07. The summed E-state index contributed by atoms with van der Waals surface area (Å²) >= 11 is 6.45. The maximum absolute atomic E-state index is 13.7. The summed E-state index contributed by atoms with van der Waals surface area (Å²) in [5.74, 6) is 0.927. The second-order valence-corrected chi connectivity index (χ2v) is 8.81. The number of hydrogen-bond donors (Lipinski definition) is 1. The van der Waals surface area contributed by atoms with Crippen LogP contribution in [-0.4, -0.2) is 43.5 Å². The van der Waals surface area contributed by atoms with Crippen molar-refractivity contribution in [1.29, 1.82) is 0 Å². The molecule has 3 aromatic rings. The molecule has 6 nitrogen and oxygen atoms in total. The molecule has 1 N–H and O–H groups in total. The molecule has 0 spiro atoms. The highest BCUT2D eigenvalue weighted by molar-refractivity contribution is 6.31. The minimum absolute atomic E-state index is 0.128. The van der Waals surface area contributed by atoms with Crippen LogP contribution in [0.1, 0.15) is 30.0 Å². The van der Waals surface area contributed by atoms with Crippen molar-refractivity contribution in [2.75, 3.05) is 20.8 Å². The SMILES string of the molecule is CCNC(=O)[C@@H](Cc1ccccc1)N(Cc1ccccc1Cl)C(=O)CCc1ccc(OC)c(OC)c1. The highest BCUT2D eigenvalue weighted by atomic mass is 35.5. The van der Waals surface area contributed by atoms with Crippen molar-refractivity contribution in [3.05, 3.63) is 94.5 Å². The number of nitrogens with one attached hydrogen (secondary N) is 1. The fraction of sp³-hybridized carbons (Fsp3) is 0.310. The molecule has 0 aromatic heterocycles. The molecular formula is C29H33ClN2O4. The van der Waals surface area contributed by atoms with Gasteiger partial charge in [-0.15, -0.1) is 0 Å². The predicted molar refractivity (Wildman–Crippen MR) is 142 cm³/mol. The van der Waals surface area contributed by atoms with Crippen LogP contribution in [0.2, 0.25) is 5.02 Å². The first-order valence-electron chi connectivity index (χ1n) is 12.0. The number of ether oxygens (including phenoxy) is 2. The van der Waals surface area contributed by atoms with Gasteiger partial charge in [0.25, 0.3) is 0 Å². The molecule has 7 heteroatoms. The van der Waals surface area contributed by atoms with Crippen LogP contribution < -0.4 is 14.8 Å². The first kappa shape index (κ1) is 27.1. The van der Waals surface area contributed by atoms with Gasteiger partial charge in [0.05, 0.1) is 14.2 Å². The largest absolute Gasteiger partial charge is 0.493 e. The van der Waals surface area contributed by atoms with Gasteiger partial charge in [0.2, 0.25) is 11.8 Å². The van der Waals surface area contributed by atoms with Crippen LogP contribution in [0, 0.1) is 0 Å². The lowest BCUT2D eigenvalue weighted by Gasteiger charge is -2.32. The summed E-state index contributed by atoms with van der Waals surface area (Å²) in [4.78, 5) is 28.6. The second-order valence-electron chi connectivity index (χ2n) is 8.40. The smallest absolute Gasteiger partial charge is 0.243 e. The van der Waals surface area contributed by atoms with E-state index in [1.807, 2.05) is 73.7 Å². The Kier molecular flexibility index (Phi) is 10.2. The Bertz CT molecular complexity index is 1150. The molecule has 0 saturated carbocycles. The Morgan fingerprint density at radius 1 is 0.917 bits per heavy atom. The number of benzene rings is 3. The van der Waals surface area contributed by atoms with Crippen LogP contribution >= 0.6 is 11.6 Å². The molecule has 0 fully saturated rings. The van der Waals surface area contributed by atoms with Gasteiger partial charge in [0.1, 0.15) is 6.04 Å². The van der Waals surface area contributed by atoms with Gasteiger partial charge in [-0.1, -0.05) is 66.2 Å². The van der Waals surface area contributed by atoms with Gasteiger partial charge in [0.15, 0.2) is 11.5 Å². The molecule has 0 heterocycles. The molecule has 0 aliphatic rings. The molecule has 1 atom stereocenters. The van der Waals surface area contributed by atoms with E-state index in [0.717, 1.165) is 16.7 Å². The van der Waals surface area contributed by atoms with Crippen molar-refractivity contribution >= 4 is 23.4 Å². The van der Waals surface area contributed by atoms with Gasteiger partial charge in [0, 0.05) is 31.0 Å². The number of nitrogens with zero attached hydrogens (tertiary/aromatic N) is 1. The molecule has 36 heavy (non-hydrogen) atoms. The summed E-state index contributed by atoms with van der Waals surface area (Å²) < 4.78 is 10.7. The van der Waals surface area contributed by atoms with E-state index < -0.39 is 6.04 Å². The first-order chi connectivity index (χ1) is 17.5. The third-order valence-corrected chi connectivity index (χ3v) is 6.36. The van der Waals surface area contributed by atoms with Gasteiger partial charge in [-0.2, -0.15) is 0 Å². The third-order valence-electron chi connectivity index (χ3n) is 6.00. The second kappa shape index (κ2) is 13.5. The maximum Gasteiger partial charge on any atom is 0.243 e. The average Bonchev–Trinajstić information content (AvgIpc) is 2.90. The zero-order valence-corrected chi connectivity index (χ0v) is 21.8. The zero-order chi connectivity index (χ0) is 25.9. The zero-order valence-electron chi connectivity index (χ0n) is 21.0. The number of carbonyl (C=O) groups is 2. The van der Waals surface area contributed by atoms with Crippen LogP contribution in [0.5, 0.6) is 11.5 Å². The van der Waals surface area contributed by atoms with Crippen LogP contribution in [0.25, 0.3) is 0 Å². The Balaban J connectivity index is 1.89. The average molecular weight is 509 g/mol. The molecule has 0 unspecified atom stereocenters. The number of amides is 2. The van der Waals surface area contributed by atoms with Crippen LogP contribution in [-0.2, 0) is 29.0 Å². The maximum atomic E-state index is 13.7. The van der Waals surface area contributed by atoms with Crippen LogP contribution in [0.4, 0.5) is 0 Å². The minimum Gasteiger partial charge on any atom is -0.493 e. The minimum atomic E-state index is -0.679. The number of methoxy groups -OCH3 is 2. The van der Waals surface area contributed by atoms with E-state index in [-0.39, 0.29) is 24.8 Å². The molecule has 0 bridgehead atoms. The number of rotatable bonds is 12. The van der Waals surface area contributed by atoms with Crippen LogP contribution in [0.15, 0.2) is 72.8 Å². The fourth-order valence-corrected chi connectivity index (χ4v) is 4.28. The molecule has 3 rings (SSSR count). The van der Waals surface area contributed by atoms with Crippen molar-refractivity contribution in [2.24, 2.45) is 0 Å². The monoisotopic (exact) mass is 508 g/mol. The standard InChI is InChI=1S/C29H33ClN2O4/c1-4-31-29(34)25(18-21-10-6-5-7-11-21)32(20-23-12-8-9-13-24(23)30)28(33)17-15-22-14-16-26(35-2)27(19-22)36-3/h5-14,16,19,25H,4,15,17-18,20H2,1-3H3,(H,31,34)/t25-/m1/s1. The summed E-state index contributed by atoms with van der Waals surface area (Å²) in [6, 6.07) is 22.1. The Morgan fingerprint density at radius 3 is 2.28 bits per heavy atom. The molecule has 2 amide bonds. The Labute approximate surface area is 218 Å². The van der Waals surface area contributed by atoms with Gasteiger partial charge in [-0.05, 0) is 48.2 Å². The van der Waals surface area contributed by atoms with E-state index >= 15 is 0 Å². The van der Waals surface area contributed by atoms with E-state index in [1.54, 1.807) is 25.2 Å². The summed E-state index contributed by atoms with van der Waals surface area (Å²) in [5, 5.41) is 3.47. The Hall–Kier alpha value is -3.51. The molecular weight excluding hydrogens is 476 g/mol. The summed E-state index contributed by atoms with van der Waals surface area (Å²) in [5.41, 5.74) is 2.71. The lowest BCUT2D eigenvalue weighted by atomic mass is 10.0. The lowest BCUT2D eigenvalue weighted by Crippen LogP contribution is -2.50. The first-order valence-corrected chi connectivity index (χ1v) is 12.4. The van der Waals surface area contributed by atoms with E-state index in [9.17, 15) is 9.59 Å². The fourth-order valence-electron chi connectivity index (χ4n) is 4.09. The molecule has 0 radical (unpaired) electrons. The summed E-state index contributed by atoms with van der Waals surface area (Å²) in [6.45, 7) is 2.58. The molecule has 3 aromatic carbocycles. The van der Waals surface area contributed by atoms with Crippen molar-refractivity contribution < 1.29 is 19.1 Å². The number of likely N-dealkylation sites (N-methyl/N-ethyl adjacent to an activating group) is 1. The van der Waals surface area contributed by atoms with E-state index in [1.165, 1.54) is 0 Å². The molecule has 0 aliphatic carbocycles. The molecule has 0 saturated heterocycles. The number of halogens is 1. The van der Waals surface area contributed by atoms with Crippen molar-refractivity contribution in [1.82, 2.24) is 10.2 Å². The number of carbonyl (C=O) groups excluding carboxylic acids is 2. The van der Waals surface area contributed by atoms with Crippen molar-refractivity contribution in [3.63, 3.8) is 0 Å². The van der Waals surface area contributed by atoms with Crippen molar-refractivity contribution in [3.8, 4) is 11.5 Å². The van der Waals surface area contributed by atoms with Gasteiger partial charge < -0.3 is 19.7 Å². The summed E-state index contributed by atoms with van der Waals surface area (Å²) in [6.07, 6.45) is 1.12. The van der Waals surface area contributed by atoms with E-state index in [0.29, 0.717) is 35.9 Å². The van der Waals surface area contributed by atoms with E-state index in [2.05, 4.69) is 5.32 Å². The van der Waals surface area contributed by atoms with Crippen molar-refractivity contribution in [2.45, 2.75) is 38.8 Å². The lowest BCUT2D eigenvalue weighted by molar-refractivity contribution is -0.141. The normalized spacial score (nSPS) is 11.4. The number of aryl methyl sites for hydroxylation is 1. The Morgan fingerprint density at radius 2 is 1.61 bits per heavy atom. The quantitative estimate of drug-likeness (QED) is 0.371. The van der Waals surface area contributed by atoms with Gasteiger partial charge >= 0.3 is 0 Å².